The van der Waals surface area contributed by atoms with Crippen LogP contribution < -0.4 is 5.32 Å². The molecule has 0 bridgehead atoms. The normalized spacial score (nSPS) is 12.7. The minimum Gasteiger partial charge on any atom is -0.308 e. The van der Waals surface area contributed by atoms with Gasteiger partial charge in [0.15, 0.2) is 0 Å². The molecule has 3 rings (SSSR count). The molecule has 1 atom stereocenters. The molecule has 0 aliphatic carbocycles. The summed E-state index contributed by atoms with van der Waals surface area (Å²) >= 11 is 0. The van der Waals surface area contributed by atoms with Crippen LogP contribution in [0.1, 0.15) is 17.3 Å². The van der Waals surface area contributed by atoms with Gasteiger partial charge in [0, 0.05) is 24.8 Å². The molecule has 0 aliphatic rings. The maximum absolute atomic E-state index is 4.41. The zero-order chi connectivity index (χ0) is 13.2. The fourth-order valence-corrected chi connectivity index (χ4v) is 2.42. The van der Waals surface area contributed by atoms with Crippen molar-refractivity contribution >= 4 is 10.9 Å². The van der Waals surface area contributed by atoms with Gasteiger partial charge < -0.3 is 5.32 Å². The summed E-state index contributed by atoms with van der Waals surface area (Å²) in [6, 6.07) is 12.6. The third kappa shape index (κ3) is 2.11. The van der Waals surface area contributed by atoms with E-state index in [1.54, 1.807) is 0 Å². The first-order valence-corrected chi connectivity index (χ1v) is 6.29. The standard InChI is InChI=1S/C15H16N4/c1-16-15(14-7-9-18-19(14)2)12-6-5-11-4-3-8-17-13(11)10-12/h3-10,15-16H,1-2H3. The highest BCUT2D eigenvalue weighted by molar-refractivity contribution is 5.79. The molecule has 0 saturated heterocycles. The molecule has 0 spiro atoms. The Balaban J connectivity index is 2.09. The number of aryl methyl sites for hydroxylation is 1. The third-order valence-corrected chi connectivity index (χ3v) is 3.41. The van der Waals surface area contributed by atoms with E-state index in [0.717, 1.165) is 16.6 Å². The van der Waals surface area contributed by atoms with E-state index in [2.05, 4.69) is 39.7 Å². The summed E-state index contributed by atoms with van der Waals surface area (Å²) in [4.78, 5) is 4.41. The smallest absolute Gasteiger partial charge is 0.0746 e. The van der Waals surface area contributed by atoms with Crippen molar-refractivity contribution in [1.29, 1.82) is 0 Å². The van der Waals surface area contributed by atoms with Gasteiger partial charge >= 0.3 is 0 Å². The molecule has 0 aliphatic heterocycles. The van der Waals surface area contributed by atoms with Crippen LogP contribution in [0.4, 0.5) is 0 Å². The number of hydrogen-bond donors (Lipinski definition) is 1. The van der Waals surface area contributed by atoms with Crippen LogP contribution in [-0.4, -0.2) is 21.8 Å². The lowest BCUT2D eigenvalue weighted by molar-refractivity contribution is 0.606. The van der Waals surface area contributed by atoms with E-state index in [-0.39, 0.29) is 6.04 Å². The molecule has 19 heavy (non-hydrogen) atoms. The van der Waals surface area contributed by atoms with E-state index >= 15 is 0 Å². The average molecular weight is 252 g/mol. The molecular weight excluding hydrogens is 236 g/mol. The summed E-state index contributed by atoms with van der Waals surface area (Å²) < 4.78 is 1.89. The van der Waals surface area contributed by atoms with Crippen LogP contribution in [0, 0.1) is 0 Å². The molecule has 4 nitrogen and oxygen atoms in total. The summed E-state index contributed by atoms with van der Waals surface area (Å²) in [5.41, 5.74) is 3.34. The second-order valence-corrected chi connectivity index (χ2v) is 4.56. The van der Waals surface area contributed by atoms with Crippen LogP contribution in [0.3, 0.4) is 0 Å². The number of nitrogens with zero attached hydrogens (tertiary/aromatic N) is 3. The largest absolute Gasteiger partial charge is 0.308 e. The number of hydrogen-bond acceptors (Lipinski definition) is 3. The first-order chi connectivity index (χ1) is 9.29. The lowest BCUT2D eigenvalue weighted by Gasteiger charge is -2.17. The lowest BCUT2D eigenvalue weighted by Crippen LogP contribution is -2.20. The average Bonchev–Trinajstić information content (AvgIpc) is 2.86. The summed E-state index contributed by atoms with van der Waals surface area (Å²) in [7, 11) is 3.92. The summed E-state index contributed by atoms with van der Waals surface area (Å²) in [6.07, 6.45) is 3.64. The van der Waals surface area contributed by atoms with E-state index < -0.39 is 0 Å². The van der Waals surface area contributed by atoms with Gasteiger partial charge in [-0.1, -0.05) is 18.2 Å². The Bertz CT molecular complexity index is 702. The molecule has 1 aromatic carbocycles. The van der Waals surface area contributed by atoms with E-state index in [1.807, 2.05) is 43.3 Å². The molecule has 4 heteroatoms. The number of pyridine rings is 1. The molecule has 2 aromatic heterocycles. The van der Waals surface area contributed by atoms with Crippen molar-refractivity contribution in [3.63, 3.8) is 0 Å². The van der Waals surface area contributed by atoms with Crippen molar-refractivity contribution in [1.82, 2.24) is 20.1 Å². The molecule has 2 heterocycles. The van der Waals surface area contributed by atoms with Crippen molar-refractivity contribution in [3.8, 4) is 0 Å². The van der Waals surface area contributed by atoms with Gasteiger partial charge in [0.25, 0.3) is 0 Å². The first-order valence-electron chi connectivity index (χ1n) is 6.29. The molecule has 1 unspecified atom stereocenters. The Morgan fingerprint density at radius 3 is 2.79 bits per heavy atom. The van der Waals surface area contributed by atoms with Crippen molar-refractivity contribution in [2.45, 2.75) is 6.04 Å². The highest BCUT2D eigenvalue weighted by atomic mass is 15.3. The van der Waals surface area contributed by atoms with Gasteiger partial charge in [-0.15, -0.1) is 0 Å². The van der Waals surface area contributed by atoms with Crippen molar-refractivity contribution < 1.29 is 0 Å². The lowest BCUT2D eigenvalue weighted by atomic mass is 10.0. The van der Waals surface area contributed by atoms with Crippen molar-refractivity contribution in [2.24, 2.45) is 7.05 Å². The topological polar surface area (TPSA) is 42.7 Å². The maximum Gasteiger partial charge on any atom is 0.0746 e. The fraction of sp³-hybridized carbons (Fsp3) is 0.200. The molecule has 1 N–H and O–H groups in total. The van der Waals surface area contributed by atoms with Gasteiger partial charge in [-0.2, -0.15) is 5.10 Å². The van der Waals surface area contributed by atoms with Crippen molar-refractivity contribution in [3.05, 3.63) is 60.0 Å². The van der Waals surface area contributed by atoms with Crippen LogP contribution in [0.25, 0.3) is 10.9 Å². The summed E-state index contributed by atoms with van der Waals surface area (Å²) in [6.45, 7) is 0. The number of nitrogens with one attached hydrogen (secondary N) is 1. The van der Waals surface area contributed by atoms with E-state index in [9.17, 15) is 0 Å². The second-order valence-electron chi connectivity index (χ2n) is 4.56. The second kappa shape index (κ2) is 4.82. The quantitative estimate of drug-likeness (QED) is 0.777. The Morgan fingerprint density at radius 1 is 1.16 bits per heavy atom. The maximum atomic E-state index is 4.41. The van der Waals surface area contributed by atoms with Crippen LogP contribution >= 0.6 is 0 Å². The molecule has 0 amide bonds. The van der Waals surface area contributed by atoms with E-state index in [4.69, 9.17) is 0 Å². The zero-order valence-electron chi connectivity index (χ0n) is 11.0. The molecule has 0 saturated carbocycles. The predicted octanol–water partition coefficient (Wildman–Crippen LogP) is 2.28. The van der Waals surface area contributed by atoms with Gasteiger partial charge in [0.2, 0.25) is 0 Å². The Kier molecular flexibility index (Phi) is 3.01. The van der Waals surface area contributed by atoms with E-state index in [1.165, 1.54) is 5.56 Å². The number of aromatic nitrogens is 3. The number of benzene rings is 1. The predicted molar refractivity (Wildman–Crippen MR) is 75.9 cm³/mol. The minimum absolute atomic E-state index is 0.124. The van der Waals surface area contributed by atoms with Crippen LogP contribution in [0.15, 0.2) is 48.8 Å². The Morgan fingerprint density at radius 2 is 2.05 bits per heavy atom. The monoisotopic (exact) mass is 252 g/mol. The summed E-state index contributed by atoms with van der Waals surface area (Å²) in [5.74, 6) is 0. The zero-order valence-corrected chi connectivity index (χ0v) is 11.0. The van der Waals surface area contributed by atoms with E-state index in [0.29, 0.717) is 0 Å². The molecular formula is C15H16N4. The van der Waals surface area contributed by atoms with Gasteiger partial charge in [-0.05, 0) is 30.8 Å². The van der Waals surface area contributed by atoms with Crippen LogP contribution in [-0.2, 0) is 7.05 Å². The molecule has 3 aromatic rings. The van der Waals surface area contributed by atoms with Gasteiger partial charge in [-0.25, -0.2) is 0 Å². The highest BCUT2D eigenvalue weighted by Crippen LogP contribution is 2.23. The number of fused-ring (bicyclic) bond motifs is 1. The molecule has 0 fully saturated rings. The Labute approximate surface area is 112 Å². The van der Waals surface area contributed by atoms with Gasteiger partial charge in [0.1, 0.15) is 0 Å². The van der Waals surface area contributed by atoms with Gasteiger partial charge in [-0.3, -0.25) is 9.67 Å². The molecule has 96 valence electrons. The fourth-order valence-electron chi connectivity index (χ4n) is 2.42. The molecule has 0 radical (unpaired) electrons. The van der Waals surface area contributed by atoms with Crippen LogP contribution in [0.2, 0.25) is 0 Å². The van der Waals surface area contributed by atoms with Crippen molar-refractivity contribution in [2.75, 3.05) is 7.05 Å². The minimum atomic E-state index is 0.124. The van der Waals surface area contributed by atoms with Crippen LogP contribution in [0.5, 0.6) is 0 Å². The number of rotatable bonds is 3. The summed E-state index contributed by atoms with van der Waals surface area (Å²) in [5, 5.41) is 8.73. The van der Waals surface area contributed by atoms with Gasteiger partial charge in [0.05, 0.1) is 17.3 Å². The Hall–Kier alpha value is -2.20. The highest BCUT2D eigenvalue weighted by Gasteiger charge is 2.15. The SMILES string of the molecule is CNC(c1ccc2cccnc2c1)c1ccnn1C. The first kappa shape index (κ1) is 11.9. The third-order valence-electron chi connectivity index (χ3n) is 3.41.